The third-order valence-corrected chi connectivity index (χ3v) is 14.6. The number of ether oxygens (including phenoxy) is 2. The lowest BCUT2D eigenvalue weighted by atomic mass is 10.0. The van der Waals surface area contributed by atoms with Gasteiger partial charge in [0.2, 0.25) is 0 Å². The molecule has 9 heteroatoms. The van der Waals surface area contributed by atoms with E-state index in [4.69, 9.17) is 18.5 Å². The average Bonchev–Trinajstić information content (AvgIpc) is 3.33. The number of nitrogens with zero attached hydrogens (tertiary/aromatic N) is 1. The van der Waals surface area contributed by atoms with Crippen LogP contribution in [0.15, 0.2) is 36.5 Å². The van der Waals surface area contributed by atoms with Gasteiger partial charge in [-0.1, -0.05) is 256 Å². The number of allylic oxidation sites excluding steroid dienone is 6. The molecule has 0 aromatic rings. The fourth-order valence-corrected chi connectivity index (χ4v) is 9.66. The van der Waals surface area contributed by atoms with Crippen molar-refractivity contribution in [3.05, 3.63) is 36.5 Å². The van der Waals surface area contributed by atoms with Crippen molar-refractivity contribution in [1.82, 2.24) is 0 Å². The zero-order valence-corrected chi connectivity index (χ0v) is 48.8. The van der Waals surface area contributed by atoms with Crippen LogP contribution in [0.5, 0.6) is 0 Å². The molecule has 0 bridgehead atoms. The summed E-state index contributed by atoms with van der Waals surface area (Å²) in [5.74, 6) is -0.331. The number of unbranched alkanes of at least 4 members (excludes halogenated alkanes) is 38. The smallest absolute Gasteiger partial charge is 0.306 e. The summed E-state index contributed by atoms with van der Waals surface area (Å²) in [5, 5.41) is 0. The highest BCUT2D eigenvalue weighted by Gasteiger charge is 2.20. The molecule has 0 N–H and O–H groups in total. The standard InChI is InChI=1S/C62H120NO7P/c1-6-8-10-12-14-16-18-20-22-24-26-28-30-31-32-34-36-38-40-42-44-46-48-50-52-54-57-67-59-61(60-69-71(65,66)68-58-56-63(3,4)5)70-62(64)55-53-51-49-47-45-43-41-39-37-35-33-29-27-25-23-21-19-17-15-13-11-9-7-2/h19,21,24-27,61H,6-18,20,22-23,28-60H2,1-5H3/b21-19-,26-24-,27-25-. The summed E-state index contributed by atoms with van der Waals surface area (Å²) in [6.07, 6.45) is 69.1. The molecule has 0 aliphatic heterocycles. The number of esters is 1. The van der Waals surface area contributed by atoms with Gasteiger partial charge in [-0.25, -0.2) is 0 Å². The minimum absolute atomic E-state index is 0.0271. The molecule has 71 heavy (non-hydrogen) atoms. The van der Waals surface area contributed by atoms with E-state index in [1.165, 1.54) is 238 Å². The number of rotatable bonds is 58. The Morgan fingerprint density at radius 1 is 0.437 bits per heavy atom. The van der Waals surface area contributed by atoms with Crippen LogP contribution in [0.25, 0.3) is 0 Å². The largest absolute Gasteiger partial charge is 0.756 e. The van der Waals surface area contributed by atoms with Gasteiger partial charge in [0.25, 0.3) is 7.82 Å². The van der Waals surface area contributed by atoms with Crippen molar-refractivity contribution >= 4 is 13.8 Å². The second kappa shape index (κ2) is 55.0. The first-order chi connectivity index (χ1) is 34.6. The maximum atomic E-state index is 12.8. The Hall–Kier alpha value is -1.28. The molecule has 0 fully saturated rings. The number of hydrogen-bond donors (Lipinski definition) is 0. The molecule has 8 nitrogen and oxygen atoms in total. The second-order valence-electron chi connectivity index (χ2n) is 22.1. The topological polar surface area (TPSA) is 94.1 Å². The number of phosphoric acid groups is 1. The van der Waals surface area contributed by atoms with Crippen molar-refractivity contribution in [3.8, 4) is 0 Å². The minimum atomic E-state index is -4.54. The molecule has 0 saturated heterocycles. The van der Waals surface area contributed by atoms with Gasteiger partial charge in [0, 0.05) is 13.0 Å². The summed E-state index contributed by atoms with van der Waals surface area (Å²) >= 11 is 0. The molecule has 0 aliphatic carbocycles. The van der Waals surface area contributed by atoms with Crippen LogP contribution in [0.4, 0.5) is 0 Å². The summed E-state index contributed by atoms with van der Waals surface area (Å²) in [6.45, 7) is 5.46. The predicted molar refractivity (Wildman–Crippen MR) is 305 cm³/mol. The van der Waals surface area contributed by atoms with Crippen molar-refractivity contribution in [2.24, 2.45) is 0 Å². The molecule has 0 amide bonds. The number of carbonyl (C=O) groups is 1. The highest BCUT2D eigenvalue weighted by atomic mass is 31.2. The zero-order chi connectivity index (χ0) is 51.9. The molecule has 0 rings (SSSR count). The first-order valence-corrected chi connectivity index (χ1v) is 32.2. The van der Waals surface area contributed by atoms with Crippen LogP contribution in [-0.2, 0) is 27.9 Å². The summed E-state index contributed by atoms with van der Waals surface area (Å²) in [6, 6.07) is 0. The lowest BCUT2D eigenvalue weighted by Crippen LogP contribution is -2.37. The highest BCUT2D eigenvalue weighted by molar-refractivity contribution is 7.45. The number of quaternary nitrogens is 1. The van der Waals surface area contributed by atoms with Crippen LogP contribution >= 0.6 is 7.82 Å². The third kappa shape index (κ3) is 59.5. The van der Waals surface area contributed by atoms with E-state index in [1.54, 1.807) is 0 Å². The van der Waals surface area contributed by atoms with E-state index in [0.29, 0.717) is 24.1 Å². The van der Waals surface area contributed by atoms with Crippen LogP contribution in [0.1, 0.15) is 296 Å². The Labute approximate surface area is 442 Å². The highest BCUT2D eigenvalue weighted by Crippen LogP contribution is 2.38. The van der Waals surface area contributed by atoms with Gasteiger partial charge in [0.1, 0.15) is 19.3 Å². The molecular formula is C62H120NO7P. The van der Waals surface area contributed by atoms with E-state index in [1.807, 2.05) is 21.1 Å². The monoisotopic (exact) mass is 1020 g/mol. The molecule has 0 heterocycles. The van der Waals surface area contributed by atoms with Gasteiger partial charge >= 0.3 is 5.97 Å². The van der Waals surface area contributed by atoms with Crippen LogP contribution < -0.4 is 4.89 Å². The van der Waals surface area contributed by atoms with Gasteiger partial charge in [0.05, 0.1) is 34.4 Å². The normalized spacial score (nSPS) is 13.6. The number of likely N-dealkylation sites (N-methyl/N-ethyl adjacent to an activating group) is 1. The molecule has 0 aromatic carbocycles. The summed E-state index contributed by atoms with van der Waals surface area (Å²) in [5.41, 5.74) is 0. The van der Waals surface area contributed by atoms with Gasteiger partial charge in [-0.05, 0) is 70.6 Å². The van der Waals surface area contributed by atoms with Crippen molar-refractivity contribution in [3.63, 3.8) is 0 Å². The molecule has 0 spiro atoms. The lowest BCUT2D eigenvalue weighted by Gasteiger charge is -2.28. The first kappa shape index (κ1) is 69.7. The molecule has 0 aliphatic rings. The van der Waals surface area contributed by atoms with Crippen molar-refractivity contribution in [1.29, 1.82) is 0 Å². The summed E-state index contributed by atoms with van der Waals surface area (Å²) in [4.78, 5) is 25.3. The van der Waals surface area contributed by atoms with Gasteiger partial charge in [0.15, 0.2) is 0 Å². The van der Waals surface area contributed by atoms with Crippen LogP contribution in [0.2, 0.25) is 0 Å². The lowest BCUT2D eigenvalue weighted by molar-refractivity contribution is -0.870. The Balaban J connectivity index is 4.01. The van der Waals surface area contributed by atoms with Gasteiger partial charge in [-0.2, -0.15) is 0 Å². The number of hydrogen-bond acceptors (Lipinski definition) is 7. The van der Waals surface area contributed by atoms with Crippen molar-refractivity contribution in [2.45, 2.75) is 302 Å². The van der Waals surface area contributed by atoms with E-state index in [0.717, 1.165) is 38.5 Å². The van der Waals surface area contributed by atoms with E-state index in [9.17, 15) is 14.3 Å². The predicted octanol–water partition coefficient (Wildman–Crippen LogP) is 19.0. The molecule has 2 unspecified atom stereocenters. The molecular weight excluding hydrogens is 902 g/mol. The van der Waals surface area contributed by atoms with E-state index >= 15 is 0 Å². The molecule has 0 saturated carbocycles. The van der Waals surface area contributed by atoms with Gasteiger partial charge < -0.3 is 27.9 Å². The molecule has 0 radical (unpaired) electrons. The van der Waals surface area contributed by atoms with Crippen LogP contribution in [-0.4, -0.2) is 70.7 Å². The van der Waals surface area contributed by atoms with Gasteiger partial charge in [-0.15, -0.1) is 0 Å². The van der Waals surface area contributed by atoms with Crippen molar-refractivity contribution in [2.75, 3.05) is 54.1 Å². The summed E-state index contributed by atoms with van der Waals surface area (Å²) in [7, 11) is 1.37. The number of phosphoric ester groups is 1. The average molecular weight is 1020 g/mol. The molecule has 2 atom stereocenters. The third-order valence-electron chi connectivity index (χ3n) is 13.7. The Kier molecular flexibility index (Phi) is 54.0. The Bertz CT molecular complexity index is 1230. The maximum Gasteiger partial charge on any atom is 0.306 e. The van der Waals surface area contributed by atoms with Crippen molar-refractivity contribution < 1.29 is 37.3 Å². The fourth-order valence-electron chi connectivity index (χ4n) is 8.93. The van der Waals surface area contributed by atoms with E-state index < -0.39 is 13.9 Å². The quantitative estimate of drug-likeness (QED) is 0.0197. The fraction of sp³-hybridized carbons (Fsp3) is 0.887. The Morgan fingerprint density at radius 3 is 1.15 bits per heavy atom. The van der Waals surface area contributed by atoms with E-state index in [-0.39, 0.29) is 25.8 Å². The Morgan fingerprint density at radius 2 is 0.775 bits per heavy atom. The minimum Gasteiger partial charge on any atom is -0.756 e. The van der Waals surface area contributed by atoms with Gasteiger partial charge in [-0.3, -0.25) is 9.36 Å². The first-order valence-electron chi connectivity index (χ1n) is 30.7. The second-order valence-corrected chi connectivity index (χ2v) is 23.5. The SMILES string of the molecule is CCCCCCC/C=C\C/C=C\CCCCCCCCCCCCCC(=O)OC(COCCCCCCCCCCCCCCCC/C=C\CCCCCCCCCC)COP(=O)([O-])OCC[N+](C)(C)C. The maximum absolute atomic E-state index is 12.8. The van der Waals surface area contributed by atoms with Crippen LogP contribution in [0, 0.1) is 0 Å². The van der Waals surface area contributed by atoms with E-state index in [2.05, 4.69) is 50.3 Å². The molecule has 420 valence electrons. The van der Waals surface area contributed by atoms with Crippen LogP contribution in [0.3, 0.4) is 0 Å². The molecule has 0 aromatic heterocycles. The summed E-state index contributed by atoms with van der Waals surface area (Å²) < 4.78 is 34.9. The number of carbonyl (C=O) groups excluding carboxylic acids is 1. The zero-order valence-electron chi connectivity index (χ0n) is 47.9.